The van der Waals surface area contributed by atoms with Gasteiger partial charge in [-0.1, -0.05) is 29.8 Å². The summed E-state index contributed by atoms with van der Waals surface area (Å²) in [6, 6.07) is 22.5. The molecule has 0 bridgehead atoms. The van der Waals surface area contributed by atoms with Crippen LogP contribution in [-0.4, -0.2) is 18.6 Å². The number of hydrogen-bond acceptors (Lipinski definition) is 3. The Hall–Kier alpha value is -3.27. The summed E-state index contributed by atoms with van der Waals surface area (Å²) >= 11 is 0. The highest BCUT2D eigenvalue weighted by atomic mass is 32.2. The minimum absolute atomic E-state index is 0.0709. The Morgan fingerprint density at radius 1 is 0.778 bits per heavy atom. The molecule has 1 aliphatic heterocycles. The second-order valence-electron chi connectivity index (χ2n) is 6.27. The molecule has 5 heteroatoms. The molecule has 27 heavy (non-hydrogen) atoms. The fourth-order valence-electron chi connectivity index (χ4n) is 3.02. The summed E-state index contributed by atoms with van der Waals surface area (Å²) in [6.07, 6.45) is 3.11. The highest BCUT2D eigenvalue weighted by Crippen LogP contribution is 2.37. The first-order valence-corrected chi connectivity index (χ1v) is 9.87. The summed E-state index contributed by atoms with van der Waals surface area (Å²) in [5.41, 5.74) is 2.79. The summed E-state index contributed by atoms with van der Waals surface area (Å²) in [7, 11) is -4.06. The van der Waals surface area contributed by atoms with Crippen molar-refractivity contribution in [1.82, 2.24) is 4.31 Å². The van der Waals surface area contributed by atoms with Crippen LogP contribution < -0.4 is 0 Å². The second-order valence-corrected chi connectivity index (χ2v) is 8.06. The second kappa shape index (κ2) is 6.47. The van der Waals surface area contributed by atoms with Crippen LogP contribution in [0.15, 0.2) is 83.8 Å². The molecular formula is C22H16NO3S+. The number of rotatable bonds is 3. The van der Waals surface area contributed by atoms with Crippen LogP contribution in [0.5, 0.6) is 0 Å². The maximum atomic E-state index is 13.3. The molecule has 3 aromatic carbocycles. The molecule has 0 atom stereocenters. The lowest BCUT2D eigenvalue weighted by Crippen LogP contribution is -2.30. The number of amides is 1. The molecule has 0 saturated heterocycles. The molecule has 1 heterocycles. The van der Waals surface area contributed by atoms with E-state index >= 15 is 0 Å². The van der Waals surface area contributed by atoms with Crippen molar-refractivity contribution in [2.75, 3.05) is 0 Å². The van der Waals surface area contributed by atoms with Gasteiger partial charge in [0.2, 0.25) is 5.70 Å². The predicted molar refractivity (Wildman–Crippen MR) is 103 cm³/mol. The first-order chi connectivity index (χ1) is 13.0. The Morgan fingerprint density at radius 2 is 1.37 bits per heavy atom. The van der Waals surface area contributed by atoms with Crippen LogP contribution in [0.2, 0.25) is 0 Å². The van der Waals surface area contributed by atoms with Crippen LogP contribution in [0.4, 0.5) is 0 Å². The van der Waals surface area contributed by atoms with Gasteiger partial charge in [-0.05, 0) is 49.4 Å². The molecule has 4 rings (SSSR count). The molecule has 0 spiro atoms. The number of carbonyl (C=O) groups is 1. The van der Waals surface area contributed by atoms with E-state index < -0.39 is 15.9 Å². The van der Waals surface area contributed by atoms with Gasteiger partial charge in [0.15, 0.2) is 0 Å². The third kappa shape index (κ3) is 2.93. The summed E-state index contributed by atoms with van der Waals surface area (Å²) in [5, 5.41) is 0. The maximum Gasteiger partial charge on any atom is 0.284 e. The SMILES string of the molecule is Cc1ccc(S(=O)(=O)N2C(=O)c3ccccc3C2=[C+]c2ccccc2)cc1. The standard InChI is InChI=1S/C22H16NO3S/c1-16-11-13-18(14-12-16)27(25,26)23-21(15-17-7-3-2-4-8-17)19-9-5-6-10-20(19)22(23)24/h2-14H,1H3/q+1. The zero-order valence-corrected chi connectivity index (χ0v) is 15.4. The molecule has 1 aliphatic rings. The minimum Gasteiger partial charge on any atom is -0.266 e. The number of nitrogens with zero attached hydrogens (tertiary/aromatic N) is 1. The third-order valence-corrected chi connectivity index (χ3v) is 6.09. The number of fused-ring (bicyclic) bond motifs is 1. The van der Waals surface area contributed by atoms with Gasteiger partial charge in [0.05, 0.1) is 16.0 Å². The number of sulfonamides is 1. The van der Waals surface area contributed by atoms with Gasteiger partial charge in [-0.2, -0.15) is 4.31 Å². The van der Waals surface area contributed by atoms with E-state index in [2.05, 4.69) is 6.08 Å². The highest BCUT2D eigenvalue weighted by molar-refractivity contribution is 7.90. The first-order valence-electron chi connectivity index (χ1n) is 8.43. The lowest BCUT2D eigenvalue weighted by molar-refractivity contribution is 0.0917. The molecule has 3 aromatic rings. The number of hydrogen-bond donors (Lipinski definition) is 0. The monoisotopic (exact) mass is 374 g/mol. The summed E-state index contributed by atoms with van der Waals surface area (Å²) in [6.45, 7) is 1.88. The van der Waals surface area contributed by atoms with Crippen LogP contribution in [0.3, 0.4) is 0 Å². The molecule has 0 aliphatic carbocycles. The molecular weight excluding hydrogens is 358 g/mol. The van der Waals surface area contributed by atoms with Crippen molar-refractivity contribution in [3.8, 4) is 0 Å². The smallest absolute Gasteiger partial charge is 0.266 e. The van der Waals surface area contributed by atoms with E-state index in [0.29, 0.717) is 16.7 Å². The van der Waals surface area contributed by atoms with Crippen molar-refractivity contribution in [2.24, 2.45) is 0 Å². The normalized spacial score (nSPS) is 14.9. The van der Waals surface area contributed by atoms with Crippen LogP contribution in [0.1, 0.15) is 27.0 Å². The summed E-state index contributed by atoms with van der Waals surface area (Å²) < 4.78 is 27.4. The Morgan fingerprint density at radius 3 is 2.04 bits per heavy atom. The molecule has 132 valence electrons. The zero-order valence-electron chi connectivity index (χ0n) is 14.6. The third-order valence-electron chi connectivity index (χ3n) is 4.40. The molecule has 0 saturated carbocycles. The van der Waals surface area contributed by atoms with Crippen molar-refractivity contribution in [3.05, 3.63) is 107 Å². The van der Waals surface area contributed by atoms with Crippen molar-refractivity contribution in [3.63, 3.8) is 0 Å². The van der Waals surface area contributed by atoms with E-state index in [9.17, 15) is 13.2 Å². The molecule has 0 radical (unpaired) electrons. The molecule has 0 aromatic heterocycles. The average Bonchev–Trinajstić information content (AvgIpc) is 2.96. The predicted octanol–water partition coefficient (Wildman–Crippen LogP) is 4.03. The van der Waals surface area contributed by atoms with Crippen molar-refractivity contribution >= 4 is 21.6 Å². The fourth-order valence-corrected chi connectivity index (χ4v) is 4.41. The largest absolute Gasteiger partial charge is 0.284 e. The quantitative estimate of drug-likeness (QED) is 0.651. The van der Waals surface area contributed by atoms with Crippen LogP contribution >= 0.6 is 0 Å². The van der Waals surface area contributed by atoms with Gasteiger partial charge in [0.1, 0.15) is 5.56 Å². The number of carbonyl (C=O) groups excluding carboxylic acids is 1. The zero-order chi connectivity index (χ0) is 19.0. The van der Waals surface area contributed by atoms with Gasteiger partial charge in [0.25, 0.3) is 15.9 Å². The molecule has 1 amide bonds. The highest BCUT2D eigenvalue weighted by Gasteiger charge is 2.45. The average molecular weight is 374 g/mol. The molecule has 0 N–H and O–H groups in total. The summed E-state index contributed by atoms with van der Waals surface area (Å²) in [4.78, 5) is 13.0. The minimum atomic E-state index is -4.06. The Kier molecular flexibility index (Phi) is 4.11. The lowest BCUT2D eigenvalue weighted by Gasteiger charge is -2.15. The van der Waals surface area contributed by atoms with Crippen molar-refractivity contribution < 1.29 is 13.2 Å². The topological polar surface area (TPSA) is 54.5 Å². The number of benzene rings is 3. The van der Waals surface area contributed by atoms with Gasteiger partial charge in [-0.15, -0.1) is 0 Å². The molecule has 0 unspecified atom stereocenters. The van der Waals surface area contributed by atoms with Gasteiger partial charge in [-0.25, -0.2) is 8.42 Å². The van der Waals surface area contributed by atoms with Gasteiger partial charge >= 0.3 is 0 Å². The van der Waals surface area contributed by atoms with E-state index in [1.165, 1.54) is 12.1 Å². The van der Waals surface area contributed by atoms with Gasteiger partial charge in [0, 0.05) is 18.2 Å². The number of aryl methyl sites for hydroxylation is 1. The van der Waals surface area contributed by atoms with E-state index in [4.69, 9.17) is 0 Å². The Labute approximate surface area is 158 Å². The molecule has 4 nitrogen and oxygen atoms in total. The Bertz CT molecular complexity index is 1150. The van der Waals surface area contributed by atoms with Crippen molar-refractivity contribution in [2.45, 2.75) is 11.8 Å². The van der Waals surface area contributed by atoms with Crippen LogP contribution in [-0.2, 0) is 10.0 Å². The van der Waals surface area contributed by atoms with E-state index in [1.807, 2.05) is 37.3 Å². The molecule has 0 fully saturated rings. The maximum absolute atomic E-state index is 13.3. The first kappa shape index (κ1) is 17.2. The Balaban J connectivity index is 1.92. The summed E-state index contributed by atoms with van der Waals surface area (Å²) in [5.74, 6) is -0.565. The van der Waals surface area contributed by atoms with E-state index in [-0.39, 0.29) is 10.6 Å². The fraction of sp³-hybridized carbons (Fsp3) is 0.0455. The van der Waals surface area contributed by atoms with Crippen LogP contribution in [0, 0.1) is 13.0 Å². The lowest BCUT2D eigenvalue weighted by atomic mass is 10.1. The van der Waals surface area contributed by atoms with E-state index in [0.717, 1.165) is 9.87 Å². The van der Waals surface area contributed by atoms with Gasteiger partial charge < -0.3 is 0 Å². The van der Waals surface area contributed by atoms with E-state index in [1.54, 1.807) is 36.4 Å². The van der Waals surface area contributed by atoms with Gasteiger partial charge in [-0.3, -0.25) is 4.79 Å². The van der Waals surface area contributed by atoms with Crippen LogP contribution in [0.25, 0.3) is 5.70 Å². The van der Waals surface area contributed by atoms with Crippen molar-refractivity contribution in [1.29, 1.82) is 0 Å².